The number of hydrogen-bond donors (Lipinski definition) is 2. The molecule has 2 amide bonds. The zero-order valence-corrected chi connectivity index (χ0v) is 13.2. The molecule has 4 nitrogen and oxygen atoms in total. The van der Waals surface area contributed by atoms with Crippen LogP contribution in [0.1, 0.15) is 18.9 Å². The fraction of sp³-hybridized carbons (Fsp3) is 0.235. The molecule has 0 spiro atoms. The van der Waals surface area contributed by atoms with E-state index in [4.69, 9.17) is 16.3 Å². The van der Waals surface area contributed by atoms with E-state index in [0.717, 1.165) is 18.6 Å². The largest absolute Gasteiger partial charge is 0.473 e. The standard InChI is InChI=1S/C17H19ClN2O2/c1-2-5-13-8-10-14(11-9-13)22-12-19-17(21)20-16-7-4-3-6-15(16)18/h3-4,6-11H,2,5,12H2,1H3,(H2,19,20,21). The number of ether oxygens (including phenoxy) is 1. The molecule has 0 saturated carbocycles. The van der Waals surface area contributed by atoms with Crippen LogP contribution in [-0.2, 0) is 6.42 Å². The molecule has 0 fully saturated rings. The second kappa shape index (κ2) is 8.29. The Labute approximate surface area is 135 Å². The van der Waals surface area contributed by atoms with Gasteiger partial charge < -0.3 is 15.4 Å². The number of aryl methyl sites for hydroxylation is 1. The van der Waals surface area contributed by atoms with Crippen molar-refractivity contribution in [3.8, 4) is 5.75 Å². The summed E-state index contributed by atoms with van der Waals surface area (Å²) in [6, 6.07) is 14.5. The molecule has 0 aromatic heterocycles. The molecule has 0 aliphatic carbocycles. The maximum atomic E-state index is 11.7. The van der Waals surface area contributed by atoms with Crippen molar-refractivity contribution in [2.24, 2.45) is 0 Å². The molecule has 116 valence electrons. The van der Waals surface area contributed by atoms with Gasteiger partial charge in [0.2, 0.25) is 0 Å². The first-order chi connectivity index (χ1) is 10.7. The summed E-state index contributed by atoms with van der Waals surface area (Å²) in [5, 5.41) is 5.77. The number of carbonyl (C=O) groups excluding carboxylic acids is 1. The van der Waals surface area contributed by atoms with Gasteiger partial charge in [0, 0.05) is 0 Å². The molecule has 0 heterocycles. The van der Waals surface area contributed by atoms with Crippen molar-refractivity contribution in [1.29, 1.82) is 0 Å². The third kappa shape index (κ3) is 4.97. The third-order valence-electron chi connectivity index (χ3n) is 3.06. The zero-order valence-electron chi connectivity index (χ0n) is 12.4. The monoisotopic (exact) mass is 318 g/mol. The number of benzene rings is 2. The summed E-state index contributed by atoms with van der Waals surface area (Å²) < 4.78 is 5.47. The van der Waals surface area contributed by atoms with Crippen LogP contribution >= 0.6 is 11.6 Å². The van der Waals surface area contributed by atoms with Crippen molar-refractivity contribution in [1.82, 2.24) is 5.32 Å². The summed E-state index contributed by atoms with van der Waals surface area (Å²) in [6.07, 6.45) is 2.17. The number of hydrogen-bond acceptors (Lipinski definition) is 2. The first-order valence-electron chi connectivity index (χ1n) is 7.20. The first-order valence-corrected chi connectivity index (χ1v) is 7.58. The Morgan fingerprint density at radius 1 is 1.14 bits per heavy atom. The smallest absolute Gasteiger partial charge is 0.321 e. The van der Waals surface area contributed by atoms with Crippen LogP contribution < -0.4 is 15.4 Å². The zero-order chi connectivity index (χ0) is 15.8. The van der Waals surface area contributed by atoms with Gasteiger partial charge in [0.25, 0.3) is 0 Å². The van der Waals surface area contributed by atoms with Gasteiger partial charge >= 0.3 is 6.03 Å². The topological polar surface area (TPSA) is 50.4 Å². The van der Waals surface area contributed by atoms with E-state index in [1.165, 1.54) is 5.56 Å². The van der Waals surface area contributed by atoms with Crippen LogP contribution in [0.2, 0.25) is 5.02 Å². The van der Waals surface area contributed by atoms with E-state index in [0.29, 0.717) is 10.7 Å². The molecule has 0 aliphatic heterocycles. The maximum absolute atomic E-state index is 11.7. The van der Waals surface area contributed by atoms with Gasteiger partial charge in [-0.2, -0.15) is 0 Å². The molecule has 2 rings (SSSR count). The molecule has 0 bridgehead atoms. The van der Waals surface area contributed by atoms with Gasteiger partial charge in [-0.05, 0) is 36.2 Å². The minimum absolute atomic E-state index is 0.0867. The molecule has 2 aromatic carbocycles. The Hall–Kier alpha value is -2.20. The number of nitrogens with one attached hydrogen (secondary N) is 2. The van der Waals surface area contributed by atoms with E-state index in [1.807, 2.05) is 24.3 Å². The molecule has 5 heteroatoms. The number of amides is 2. The minimum Gasteiger partial charge on any atom is -0.473 e. The highest BCUT2D eigenvalue weighted by Crippen LogP contribution is 2.20. The van der Waals surface area contributed by atoms with Gasteiger partial charge in [-0.15, -0.1) is 0 Å². The Morgan fingerprint density at radius 2 is 1.86 bits per heavy atom. The van der Waals surface area contributed by atoms with E-state index < -0.39 is 0 Å². The van der Waals surface area contributed by atoms with Crippen molar-refractivity contribution in [2.45, 2.75) is 19.8 Å². The summed E-state index contributed by atoms with van der Waals surface area (Å²) in [5.74, 6) is 0.720. The number of carbonyl (C=O) groups is 1. The fourth-order valence-corrected chi connectivity index (χ4v) is 2.14. The van der Waals surface area contributed by atoms with E-state index >= 15 is 0 Å². The molecule has 2 N–H and O–H groups in total. The summed E-state index contributed by atoms with van der Waals surface area (Å²) in [5.41, 5.74) is 1.84. The van der Waals surface area contributed by atoms with E-state index in [2.05, 4.69) is 17.6 Å². The second-order valence-electron chi connectivity index (χ2n) is 4.79. The number of rotatable bonds is 6. The SMILES string of the molecule is CCCc1ccc(OCNC(=O)Nc2ccccc2Cl)cc1. The lowest BCUT2D eigenvalue weighted by Crippen LogP contribution is -2.32. The molecule has 2 aromatic rings. The van der Waals surface area contributed by atoms with Gasteiger partial charge in [-0.25, -0.2) is 4.79 Å². The van der Waals surface area contributed by atoms with Gasteiger partial charge in [-0.1, -0.05) is 49.2 Å². The van der Waals surface area contributed by atoms with Crippen LogP contribution in [0.5, 0.6) is 5.75 Å². The van der Waals surface area contributed by atoms with E-state index in [9.17, 15) is 4.79 Å². The first kappa shape index (κ1) is 16.2. The lowest BCUT2D eigenvalue weighted by Gasteiger charge is -2.10. The summed E-state index contributed by atoms with van der Waals surface area (Å²) >= 11 is 5.96. The van der Waals surface area contributed by atoms with Crippen molar-refractivity contribution in [3.63, 3.8) is 0 Å². The van der Waals surface area contributed by atoms with Crippen LogP contribution in [0.15, 0.2) is 48.5 Å². The average Bonchev–Trinajstić information content (AvgIpc) is 2.52. The highest BCUT2D eigenvalue weighted by atomic mass is 35.5. The second-order valence-corrected chi connectivity index (χ2v) is 5.20. The molecule has 0 saturated heterocycles. The predicted octanol–water partition coefficient (Wildman–Crippen LogP) is 4.45. The van der Waals surface area contributed by atoms with Gasteiger partial charge in [0.1, 0.15) is 5.75 Å². The Bertz CT molecular complexity index is 614. The highest BCUT2D eigenvalue weighted by molar-refractivity contribution is 6.33. The molecule has 22 heavy (non-hydrogen) atoms. The van der Waals surface area contributed by atoms with Crippen molar-refractivity contribution in [3.05, 3.63) is 59.1 Å². The van der Waals surface area contributed by atoms with E-state index in [1.54, 1.807) is 24.3 Å². The van der Waals surface area contributed by atoms with Gasteiger partial charge in [-0.3, -0.25) is 0 Å². The molecule has 0 atom stereocenters. The van der Waals surface area contributed by atoms with Gasteiger partial charge in [0.15, 0.2) is 6.73 Å². The van der Waals surface area contributed by atoms with Gasteiger partial charge in [0.05, 0.1) is 10.7 Å². The van der Waals surface area contributed by atoms with Crippen molar-refractivity contribution < 1.29 is 9.53 Å². The third-order valence-corrected chi connectivity index (χ3v) is 3.39. The quantitative estimate of drug-likeness (QED) is 0.773. The van der Waals surface area contributed by atoms with Crippen LogP contribution in [0, 0.1) is 0 Å². The summed E-state index contributed by atoms with van der Waals surface area (Å²) in [7, 11) is 0. The fourth-order valence-electron chi connectivity index (χ4n) is 1.96. The van der Waals surface area contributed by atoms with E-state index in [-0.39, 0.29) is 12.8 Å². The molecule has 0 aliphatic rings. The Morgan fingerprint density at radius 3 is 2.55 bits per heavy atom. The highest BCUT2D eigenvalue weighted by Gasteiger charge is 2.04. The van der Waals surface area contributed by atoms with Crippen LogP contribution in [0.4, 0.5) is 10.5 Å². The maximum Gasteiger partial charge on any atom is 0.321 e. The van der Waals surface area contributed by atoms with Crippen LogP contribution in [0.25, 0.3) is 0 Å². The van der Waals surface area contributed by atoms with Crippen molar-refractivity contribution in [2.75, 3.05) is 12.0 Å². The molecular weight excluding hydrogens is 300 g/mol. The average molecular weight is 319 g/mol. The molecule has 0 unspecified atom stereocenters. The summed E-state index contributed by atoms with van der Waals surface area (Å²) in [4.78, 5) is 11.7. The summed E-state index contributed by atoms with van der Waals surface area (Å²) in [6.45, 7) is 2.23. The van der Waals surface area contributed by atoms with Crippen LogP contribution in [-0.4, -0.2) is 12.8 Å². The normalized spacial score (nSPS) is 10.1. The number of halogens is 1. The minimum atomic E-state index is -0.365. The van der Waals surface area contributed by atoms with Crippen LogP contribution in [0.3, 0.4) is 0 Å². The molecule has 0 radical (unpaired) electrons. The molecular formula is C17H19ClN2O2. The van der Waals surface area contributed by atoms with Crippen molar-refractivity contribution >= 4 is 23.3 Å². The number of urea groups is 1. The Balaban J connectivity index is 1.76. The Kier molecular flexibility index (Phi) is 6.10. The predicted molar refractivity (Wildman–Crippen MR) is 89.5 cm³/mol. The lowest BCUT2D eigenvalue weighted by atomic mass is 10.1. The lowest BCUT2D eigenvalue weighted by molar-refractivity contribution is 0.234. The number of para-hydroxylation sites is 1. The number of anilines is 1.